The summed E-state index contributed by atoms with van der Waals surface area (Å²) in [6, 6.07) is 8.39. The molecule has 1 aromatic carbocycles. The first kappa shape index (κ1) is 28.6. The molecule has 0 aromatic heterocycles. The van der Waals surface area contributed by atoms with E-state index in [4.69, 9.17) is 9.47 Å². The van der Waals surface area contributed by atoms with Gasteiger partial charge in [-0.05, 0) is 39.2 Å². The van der Waals surface area contributed by atoms with Crippen LogP contribution < -0.4 is 10.6 Å². The Labute approximate surface area is 200 Å². The summed E-state index contributed by atoms with van der Waals surface area (Å²) in [4.78, 5) is 49.9. The highest BCUT2D eigenvalue weighted by molar-refractivity contribution is 8.14. The maximum Gasteiger partial charge on any atom is 0.331 e. The minimum Gasteiger partial charge on any atom is -0.464 e. The molecule has 9 heteroatoms. The number of rotatable bonds is 12. The normalized spacial score (nSPS) is 14.2. The lowest BCUT2D eigenvalue weighted by molar-refractivity contribution is -0.153. The van der Waals surface area contributed by atoms with Crippen molar-refractivity contribution >= 4 is 34.7 Å². The molecule has 0 spiro atoms. The largest absolute Gasteiger partial charge is 0.464 e. The Balaban J connectivity index is 2.91. The van der Waals surface area contributed by atoms with E-state index >= 15 is 0 Å². The van der Waals surface area contributed by atoms with Crippen LogP contribution in [0.25, 0.3) is 0 Å². The van der Waals surface area contributed by atoms with Gasteiger partial charge < -0.3 is 20.1 Å². The van der Waals surface area contributed by atoms with Gasteiger partial charge in [0.25, 0.3) is 0 Å². The van der Waals surface area contributed by atoms with E-state index in [0.717, 1.165) is 17.3 Å². The Kier molecular flexibility index (Phi) is 11.6. The fraction of sp³-hybridized carbons (Fsp3) is 0.583. The second kappa shape index (κ2) is 13.3. The number of ether oxygens (including phenoxy) is 2. The Hall–Kier alpha value is -2.39. The molecule has 1 rings (SSSR count). The van der Waals surface area contributed by atoms with Gasteiger partial charge in [-0.25, -0.2) is 4.79 Å². The van der Waals surface area contributed by atoms with Gasteiger partial charge in [0.1, 0.15) is 5.54 Å². The topological polar surface area (TPSA) is 111 Å². The first-order valence-corrected chi connectivity index (χ1v) is 11.9. The van der Waals surface area contributed by atoms with Crippen LogP contribution in [0.3, 0.4) is 0 Å². The van der Waals surface area contributed by atoms with Crippen LogP contribution in [-0.2, 0) is 35.3 Å². The van der Waals surface area contributed by atoms with Crippen LogP contribution in [0.1, 0.15) is 54.0 Å². The second-order valence-electron chi connectivity index (χ2n) is 8.59. The van der Waals surface area contributed by atoms with E-state index in [1.165, 1.54) is 20.8 Å². The number of benzene rings is 1. The van der Waals surface area contributed by atoms with Gasteiger partial charge in [0, 0.05) is 6.92 Å². The van der Waals surface area contributed by atoms with E-state index in [1.807, 2.05) is 44.2 Å². The van der Waals surface area contributed by atoms with E-state index < -0.39 is 40.7 Å². The van der Waals surface area contributed by atoms with Crippen molar-refractivity contribution in [1.82, 2.24) is 10.6 Å². The molecule has 0 saturated heterocycles. The van der Waals surface area contributed by atoms with Crippen LogP contribution in [0.5, 0.6) is 0 Å². The molecular formula is C24H36N2O6S. The van der Waals surface area contributed by atoms with E-state index in [-0.39, 0.29) is 24.2 Å². The fourth-order valence-corrected chi connectivity index (χ4v) is 3.72. The molecule has 0 heterocycles. The highest BCUT2D eigenvalue weighted by Gasteiger charge is 2.38. The standard InChI is InChI=1S/C24H36N2O6S/c1-8-31-22(29)19(16(4)32-14-18-12-10-9-11-13-18)25-23(30)24(6,7)26-21(28)20(15(2)3)33-17(5)27/h9-13,15-16,19-20H,8,14H2,1-7H3,(H,25,30)(H,26,28). The third-order valence-electron chi connectivity index (χ3n) is 4.81. The van der Waals surface area contributed by atoms with Crippen LogP contribution in [0, 0.1) is 5.92 Å². The molecule has 33 heavy (non-hydrogen) atoms. The van der Waals surface area contributed by atoms with Crippen LogP contribution in [0.15, 0.2) is 30.3 Å². The number of amides is 2. The predicted octanol–water partition coefficient (Wildman–Crippen LogP) is 2.84. The fourth-order valence-electron chi connectivity index (χ4n) is 2.93. The zero-order chi connectivity index (χ0) is 25.2. The smallest absolute Gasteiger partial charge is 0.331 e. The SMILES string of the molecule is CCOC(=O)C(NC(=O)C(C)(C)NC(=O)C(SC(C)=O)C(C)C)C(C)OCc1ccccc1. The van der Waals surface area contributed by atoms with Gasteiger partial charge in [-0.1, -0.05) is 55.9 Å². The maximum absolute atomic E-state index is 13.0. The molecule has 2 N–H and O–H groups in total. The molecule has 8 nitrogen and oxygen atoms in total. The van der Waals surface area contributed by atoms with Crippen molar-refractivity contribution in [2.75, 3.05) is 6.61 Å². The summed E-state index contributed by atoms with van der Waals surface area (Å²) in [6.07, 6.45) is -0.684. The van der Waals surface area contributed by atoms with Crippen molar-refractivity contribution in [1.29, 1.82) is 0 Å². The van der Waals surface area contributed by atoms with E-state index in [9.17, 15) is 19.2 Å². The van der Waals surface area contributed by atoms with Crippen molar-refractivity contribution in [3.05, 3.63) is 35.9 Å². The maximum atomic E-state index is 13.0. The lowest BCUT2D eigenvalue weighted by atomic mass is 10.0. The lowest BCUT2D eigenvalue weighted by Crippen LogP contribution is -2.61. The Bertz CT molecular complexity index is 812. The van der Waals surface area contributed by atoms with Gasteiger partial charge in [-0.2, -0.15) is 0 Å². The number of carbonyl (C=O) groups is 4. The molecule has 3 unspecified atom stereocenters. The van der Waals surface area contributed by atoms with Crippen LogP contribution in [0.2, 0.25) is 0 Å². The molecule has 3 atom stereocenters. The van der Waals surface area contributed by atoms with Crippen LogP contribution >= 0.6 is 11.8 Å². The van der Waals surface area contributed by atoms with E-state index in [1.54, 1.807) is 13.8 Å². The average Bonchev–Trinajstić information content (AvgIpc) is 2.74. The van der Waals surface area contributed by atoms with Gasteiger partial charge in [-0.3, -0.25) is 14.4 Å². The van der Waals surface area contributed by atoms with Crippen molar-refractivity contribution in [3.8, 4) is 0 Å². The summed E-state index contributed by atoms with van der Waals surface area (Å²) in [5, 5.41) is 4.55. The molecule has 0 radical (unpaired) electrons. The van der Waals surface area contributed by atoms with E-state index in [2.05, 4.69) is 10.6 Å². The predicted molar refractivity (Wildman–Crippen MR) is 128 cm³/mol. The van der Waals surface area contributed by atoms with Crippen molar-refractivity contribution in [2.24, 2.45) is 5.92 Å². The minimum atomic E-state index is -1.34. The van der Waals surface area contributed by atoms with Crippen LogP contribution in [0.4, 0.5) is 0 Å². The van der Waals surface area contributed by atoms with Gasteiger partial charge in [0.05, 0.1) is 24.6 Å². The number of thioether (sulfide) groups is 1. The molecular weight excluding hydrogens is 444 g/mol. The number of hydrogen-bond donors (Lipinski definition) is 2. The molecule has 0 aliphatic carbocycles. The van der Waals surface area contributed by atoms with Gasteiger partial charge in [0.2, 0.25) is 11.8 Å². The number of carbonyl (C=O) groups excluding carboxylic acids is 4. The van der Waals surface area contributed by atoms with Gasteiger partial charge in [0.15, 0.2) is 11.2 Å². The molecule has 0 aliphatic rings. The molecule has 0 aliphatic heterocycles. The first-order chi connectivity index (χ1) is 15.4. The summed E-state index contributed by atoms with van der Waals surface area (Å²) >= 11 is 0.926. The van der Waals surface area contributed by atoms with Crippen LogP contribution in [-0.4, -0.2) is 52.4 Å². The summed E-state index contributed by atoms with van der Waals surface area (Å²) in [7, 11) is 0. The Morgan fingerprint density at radius 3 is 2.18 bits per heavy atom. The Morgan fingerprint density at radius 1 is 1.06 bits per heavy atom. The van der Waals surface area contributed by atoms with Gasteiger partial charge in [-0.15, -0.1) is 0 Å². The first-order valence-electron chi connectivity index (χ1n) is 11.0. The third kappa shape index (κ3) is 9.55. The Morgan fingerprint density at radius 2 is 1.67 bits per heavy atom. The summed E-state index contributed by atoms with van der Waals surface area (Å²) in [5.74, 6) is -1.73. The highest BCUT2D eigenvalue weighted by Crippen LogP contribution is 2.21. The number of nitrogens with one attached hydrogen (secondary N) is 2. The summed E-state index contributed by atoms with van der Waals surface area (Å²) < 4.78 is 10.9. The second-order valence-corrected chi connectivity index (χ2v) is 9.91. The molecule has 184 valence electrons. The van der Waals surface area contributed by atoms with Crippen molar-refractivity contribution in [3.63, 3.8) is 0 Å². The monoisotopic (exact) mass is 480 g/mol. The summed E-state index contributed by atoms with van der Waals surface area (Å²) in [5.41, 5.74) is -0.417. The third-order valence-corrected chi connectivity index (χ3v) is 6.16. The van der Waals surface area contributed by atoms with Crippen molar-refractivity contribution in [2.45, 2.75) is 78.0 Å². The lowest BCUT2D eigenvalue weighted by Gasteiger charge is -2.31. The molecule has 0 bridgehead atoms. The van der Waals surface area contributed by atoms with Gasteiger partial charge >= 0.3 is 5.97 Å². The molecule has 0 saturated carbocycles. The quantitative estimate of drug-likeness (QED) is 0.443. The average molecular weight is 481 g/mol. The highest BCUT2D eigenvalue weighted by atomic mass is 32.2. The molecule has 2 amide bonds. The minimum absolute atomic E-state index is 0.114. The molecule has 1 aromatic rings. The number of hydrogen-bond acceptors (Lipinski definition) is 7. The zero-order valence-electron chi connectivity index (χ0n) is 20.5. The summed E-state index contributed by atoms with van der Waals surface area (Å²) in [6.45, 7) is 11.9. The van der Waals surface area contributed by atoms with Crippen molar-refractivity contribution < 1.29 is 28.7 Å². The zero-order valence-corrected chi connectivity index (χ0v) is 21.3. The number of esters is 1. The molecule has 0 fully saturated rings. The van der Waals surface area contributed by atoms with E-state index in [0.29, 0.717) is 0 Å².